The summed E-state index contributed by atoms with van der Waals surface area (Å²) in [6.45, 7) is 0. The Hall–Kier alpha value is -0.240. The number of alkyl halides is 3. The van der Waals surface area contributed by atoms with E-state index in [9.17, 15) is 4.79 Å². The molecule has 0 heterocycles. The number of hydrogen-bond acceptors (Lipinski definition) is 1. The molecule has 4 heteroatoms. The quantitative estimate of drug-likeness (QED) is 0.589. The smallest absolute Gasteiger partial charge is 0.190 e. The van der Waals surface area contributed by atoms with Crippen LogP contribution in [-0.4, -0.2) is 10.1 Å². The van der Waals surface area contributed by atoms with Gasteiger partial charge in [-0.2, -0.15) is 0 Å². The Balaban J connectivity index is 2.54. The van der Waals surface area contributed by atoms with Crippen molar-refractivity contribution in [3.05, 3.63) is 35.4 Å². The lowest BCUT2D eigenvalue weighted by molar-refractivity contribution is 0.112. The average Bonchev–Trinajstić information content (AvgIpc) is 2.16. The number of hydrogen-bond donors (Lipinski definition) is 0. The number of carbonyl (C=O) groups excluding carboxylic acids is 1. The van der Waals surface area contributed by atoms with Crippen molar-refractivity contribution in [3.8, 4) is 0 Å². The lowest BCUT2D eigenvalue weighted by Crippen LogP contribution is -2.03. The molecule has 0 aliphatic heterocycles. The maximum atomic E-state index is 10.7. The fraction of sp³-hybridized carbons (Fsp3) is 0.364. The van der Waals surface area contributed by atoms with Crippen LogP contribution in [0, 0.1) is 0 Å². The second-order valence-corrected chi connectivity index (χ2v) is 5.80. The second kappa shape index (κ2) is 5.74. The number of aryl methyl sites for hydroxylation is 1. The van der Waals surface area contributed by atoms with Crippen molar-refractivity contribution >= 4 is 41.1 Å². The maximum Gasteiger partial charge on any atom is 0.190 e. The predicted octanol–water partition coefficient (Wildman–Crippen LogP) is 4.19. The van der Waals surface area contributed by atoms with E-state index in [4.69, 9.17) is 34.8 Å². The molecule has 0 saturated heterocycles. The van der Waals surface area contributed by atoms with E-state index in [0.29, 0.717) is 12.0 Å². The third kappa shape index (κ3) is 4.87. The molecular formula is C11H11Cl3O. The maximum absolute atomic E-state index is 10.7. The van der Waals surface area contributed by atoms with Crippen LogP contribution in [0.2, 0.25) is 0 Å². The van der Waals surface area contributed by atoms with Gasteiger partial charge in [-0.15, -0.1) is 0 Å². The van der Waals surface area contributed by atoms with Crippen molar-refractivity contribution in [3.63, 3.8) is 0 Å². The van der Waals surface area contributed by atoms with Crippen LogP contribution in [0.1, 0.15) is 28.8 Å². The third-order valence-electron chi connectivity index (χ3n) is 2.09. The van der Waals surface area contributed by atoms with Crippen LogP contribution < -0.4 is 0 Å². The number of carbonyl (C=O) groups is 1. The normalized spacial score (nSPS) is 11.4. The lowest BCUT2D eigenvalue weighted by Gasteiger charge is -2.10. The van der Waals surface area contributed by atoms with E-state index in [0.717, 1.165) is 24.7 Å². The summed E-state index contributed by atoms with van der Waals surface area (Å²) in [4.78, 5) is 10.7. The van der Waals surface area contributed by atoms with E-state index >= 15 is 0 Å². The molecule has 0 amide bonds. The highest BCUT2D eigenvalue weighted by atomic mass is 35.6. The first-order valence-corrected chi connectivity index (χ1v) is 5.76. The molecule has 1 nitrogen and oxygen atoms in total. The molecule has 0 bridgehead atoms. The van der Waals surface area contributed by atoms with Crippen LogP contribution in [0.5, 0.6) is 0 Å². The molecule has 0 aliphatic carbocycles. The predicted molar refractivity (Wildman–Crippen MR) is 65.1 cm³/mol. The summed E-state index contributed by atoms with van der Waals surface area (Å²) in [6.07, 6.45) is 2.85. The monoisotopic (exact) mass is 264 g/mol. The molecular weight excluding hydrogens is 254 g/mol. The van der Waals surface area contributed by atoms with Gasteiger partial charge >= 0.3 is 0 Å². The molecule has 0 saturated carbocycles. The highest BCUT2D eigenvalue weighted by molar-refractivity contribution is 6.67. The zero-order valence-corrected chi connectivity index (χ0v) is 10.3. The van der Waals surface area contributed by atoms with Gasteiger partial charge in [0.1, 0.15) is 6.29 Å². The second-order valence-electron chi connectivity index (χ2n) is 3.29. The van der Waals surface area contributed by atoms with Crippen molar-refractivity contribution < 1.29 is 4.79 Å². The molecule has 0 N–H and O–H groups in total. The van der Waals surface area contributed by atoms with Gasteiger partial charge in [0.25, 0.3) is 0 Å². The highest BCUT2D eigenvalue weighted by Crippen LogP contribution is 2.31. The minimum Gasteiger partial charge on any atom is -0.298 e. The van der Waals surface area contributed by atoms with E-state index < -0.39 is 3.79 Å². The summed E-state index contributed by atoms with van der Waals surface area (Å²) in [5.41, 5.74) is 1.71. The Kier molecular flexibility index (Phi) is 4.91. The van der Waals surface area contributed by atoms with Gasteiger partial charge in [-0.25, -0.2) is 0 Å². The minimum absolute atomic E-state index is 0.491. The van der Waals surface area contributed by atoms with Crippen LogP contribution in [0.3, 0.4) is 0 Å². The number of benzene rings is 1. The van der Waals surface area contributed by atoms with Gasteiger partial charge in [-0.05, 0) is 24.8 Å². The van der Waals surface area contributed by atoms with Crippen molar-refractivity contribution in [2.45, 2.75) is 23.1 Å². The molecule has 0 spiro atoms. The standard InChI is InChI=1S/C11H11Cl3O/c12-11(13,14)7-3-6-9-4-1-2-5-10(9)8-15/h1-2,4-5,8H,3,6-7H2. The first kappa shape index (κ1) is 12.8. The summed E-state index contributed by atoms with van der Waals surface area (Å²) in [5.74, 6) is 0. The summed E-state index contributed by atoms with van der Waals surface area (Å²) < 4.78 is -1.20. The van der Waals surface area contributed by atoms with Gasteiger partial charge in [0.15, 0.2) is 3.79 Å². The summed E-state index contributed by atoms with van der Waals surface area (Å²) in [6, 6.07) is 7.44. The van der Waals surface area contributed by atoms with Crippen LogP contribution in [0.15, 0.2) is 24.3 Å². The number of aldehydes is 1. The van der Waals surface area contributed by atoms with Crippen LogP contribution in [0.25, 0.3) is 0 Å². The van der Waals surface area contributed by atoms with Gasteiger partial charge in [0, 0.05) is 5.56 Å². The fourth-order valence-electron chi connectivity index (χ4n) is 1.36. The van der Waals surface area contributed by atoms with E-state index in [-0.39, 0.29) is 0 Å². The van der Waals surface area contributed by atoms with Crippen molar-refractivity contribution in [1.29, 1.82) is 0 Å². The van der Waals surface area contributed by atoms with Crippen molar-refractivity contribution in [1.82, 2.24) is 0 Å². The Morgan fingerprint density at radius 3 is 2.47 bits per heavy atom. The Labute approximate surface area is 104 Å². The van der Waals surface area contributed by atoms with E-state index in [1.54, 1.807) is 6.07 Å². The van der Waals surface area contributed by atoms with E-state index in [2.05, 4.69) is 0 Å². The van der Waals surface area contributed by atoms with Crippen LogP contribution in [-0.2, 0) is 6.42 Å². The Morgan fingerprint density at radius 2 is 1.87 bits per heavy atom. The first-order valence-electron chi connectivity index (χ1n) is 4.63. The molecule has 0 atom stereocenters. The molecule has 1 aromatic rings. The molecule has 82 valence electrons. The van der Waals surface area contributed by atoms with Gasteiger partial charge in [-0.3, -0.25) is 4.79 Å². The molecule has 0 fully saturated rings. The molecule has 0 unspecified atom stereocenters. The molecule has 1 rings (SSSR count). The average molecular weight is 266 g/mol. The minimum atomic E-state index is -1.20. The summed E-state index contributed by atoms with van der Waals surface area (Å²) >= 11 is 16.9. The van der Waals surface area contributed by atoms with Crippen molar-refractivity contribution in [2.75, 3.05) is 0 Å². The van der Waals surface area contributed by atoms with E-state index in [1.165, 1.54) is 0 Å². The van der Waals surface area contributed by atoms with Crippen molar-refractivity contribution in [2.24, 2.45) is 0 Å². The summed E-state index contributed by atoms with van der Waals surface area (Å²) in [7, 11) is 0. The van der Waals surface area contributed by atoms with Crippen LogP contribution in [0.4, 0.5) is 0 Å². The van der Waals surface area contributed by atoms with Gasteiger partial charge < -0.3 is 0 Å². The molecule has 1 aromatic carbocycles. The largest absolute Gasteiger partial charge is 0.298 e. The topological polar surface area (TPSA) is 17.1 Å². The fourth-order valence-corrected chi connectivity index (χ4v) is 1.76. The summed E-state index contributed by atoms with van der Waals surface area (Å²) in [5, 5.41) is 0. The highest BCUT2D eigenvalue weighted by Gasteiger charge is 2.18. The van der Waals surface area contributed by atoms with Gasteiger partial charge in [0.05, 0.1) is 0 Å². The van der Waals surface area contributed by atoms with Gasteiger partial charge in [0.2, 0.25) is 0 Å². The lowest BCUT2D eigenvalue weighted by atomic mass is 10.0. The van der Waals surface area contributed by atoms with Gasteiger partial charge in [-0.1, -0.05) is 59.1 Å². The number of halogens is 3. The molecule has 15 heavy (non-hydrogen) atoms. The third-order valence-corrected chi connectivity index (χ3v) is 2.66. The number of rotatable bonds is 4. The Bertz CT molecular complexity index is 331. The first-order chi connectivity index (χ1) is 7.03. The SMILES string of the molecule is O=Cc1ccccc1CCCC(Cl)(Cl)Cl. The Morgan fingerprint density at radius 1 is 1.20 bits per heavy atom. The zero-order chi connectivity index (χ0) is 11.3. The van der Waals surface area contributed by atoms with E-state index in [1.807, 2.05) is 18.2 Å². The molecule has 0 radical (unpaired) electrons. The molecule has 0 aromatic heterocycles. The van der Waals surface area contributed by atoms with Crippen LogP contribution >= 0.6 is 34.8 Å². The molecule has 0 aliphatic rings. The zero-order valence-electron chi connectivity index (χ0n) is 8.05.